The van der Waals surface area contributed by atoms with Gasteiger partial charge in [-0.05, 0) is 56.4 Å². The van der Waals surface area contributed by atoms with Crippen molar-refractivity contribution in [1.82, 2.24) is 0 Å². The second kappa shape index (κ2) is 6.12. The molecule has 0 spiro atoms. The molecule has 0 saturated carbocycles. The molecule has 1 aliphatic rings. The van der Waals surface area contributed by atoms with E-state index < -0.39 is 11.7 Å². The zero-order chi connectivity index (χ0) is 14.8. The Morgan fingerprint density at radius 3 is 2.75 bits per heavy atom. The summed E-state index contributed by atoms with van der Waals surface area (Å²) in [5.74, 6) is 0.861. The van der Waals surface area contributed by atoms with Gasteiger partial charge in [0.25, 0.3) is 0 Å². The van der Waals surface area contributed by atoms with Crippen molar-refractivity contribution in [3.05, 3.63) is 29.3 Å². The first kappa shape index (κ1) is 15.3. The second-order valence-electron chi connectivity index (χ2n) is 5.64. The maximum Gasteiger partial charge on any atom is 0.119 e. The van der Waals surface area contributed by atoms with E-state index in [1.54, 1.807) is 14.0 Å². The number of rotatable bonds is 5. The first-order valence-electron chi connectivity index (χ1n) is 7.26. The summed E-state index contributed by atoms with van der Waals surface area (Å²) >= 11 is 0. The average Bonchev–Trinajstić information content (AvgIpc) is 2.46. The van der Waals surface area contributed by atoms with Gasteiger partial charge in [0.05, 0.1) is 19.3 Å². The van der Waals surface area contributed by atoms with E-state index in [0.717, 1.165) is 30.6 Å². The quantitative estimate of drug-likeness (QED) is 0.865. The van der Waals surface area contributed by atoms with Gasteiger partial charge in [-0.1, -0.05) is 6.07 Å². The molecule has 0 radical (unpaired) electrons. The molecule has 2 rings (SSSR count). The maximum atomic E-state index is 9.71. The zero-order valence-electron chi connectivity index (χ0n) is 12.6. The van der Waals surface area contributed by atoms with Gasteiger partial charge in [0.15, 0.2) is 0 Å². The van der Waals surface area contributed by atoms with Gasteiger partial charge in [0, 0.05) is 6.54 Å². The second-order valence-corrected chi connectivity index (χ2v) is 5.64. The molecular formula is C16H25NO3. The first-order valence-corrected chi connectivity index (χ1v) is 7.26. The van der Waals surface area contributed by atoms with Crippen molar-refractivity contribution in [2.75, 3.05) is 13.7 Å². The van der Waals surface area contributed by atoms with E-state index in [0.29, 0.717) is 6.54 Å². The number of methoxy groups -OCH3 is 1. The fraction of sp³-hybridized carbons (Fsp3) is 0.625. The molecule has 0 aromatic heterocycles. The predicted molar refractivity (Wildman–Crippen MR) is 78.9 cm³/mol. The Morgan fingerprint density at radius 1 is 1.40 bits per heavy atom. The van der Waals surface area contributed by atoms with Crippen LogP contribution in [0.3, 0.4) is 0 Å². The molecule has 1 aromatic carbocycles. The van der Waals surface area contributed by atoms with E-state index in [-0.39, 0.29) is 6.10 Å². The van der Waals surface area contributed by atoms with Crippen molar-refractivity contribution in [2.45, 2.75) is 50.9 Å². The summed E-state index contributed by atoms with van der Waals surface area (Å²) in [6.07, 6.45) is 2.18. The number of nitrogens with two attached hydrogens (primary N) is 1. The lowest BCUT2D eigenvalue weighted by Crippen LogP contribution is -2.45. The van der Waals surface area contributed by atoms with Gasteiger partial charge >= 0.3 is 0 Å². The topological polar surface area (TPSA) is 64.7 Å². The number of aryl methyl sites for hydroxylation is 1. The van der Waals surface area contributed by atoms with E-state index in [4.69, 9.17) is 15.2 Å². The van der Waals surface area contributed by atoms with Gasteiger partial charge in [-0.25, -0.2) is 0 Å². The van der Waals surface area contributed by atoms with Crippen LogP contribution in [0.5, 0.6) is 5.75 Å². The van der Waals surface area contributed by atoms with Crippen LogP contribution in [0.15, 0.2) is 18.2 Å². The highest BCUT2D eigenvalue weighted by atomic mass is 16.5. The lowest BCUT2D eigenvalue weighted by molar-refractivity contribution is -0.131. The van der Waals surface area contributed by atoms with Gasteiger partial charge in [-0.15, -0.1) is 0 Å². The van der Waals surface area contributed by atoms with Crippen LogP contribution in [0.4, 0.5) is 0 Å². The minimum absolute atomic E-state index is 0.244. The normalized spacial score (nSPS) is 24.9. The summed E-state index contributed by atoms with van der Waals surface area (Å²) in [7, 11) is 1.67. The summed E-state index contributed by atoms with van der Waals surface area (Å²) in [6, 6.07) is 6.06. The van der Waals surface area contributed by atoms with Crippen LogP contribution < -0.4 is 10.5 Å². The number of ether oxygens (including phenoxy) is 2. The number of aliphatic hydroxyl groups is 1. The van der Waals surface area contributed by atoms with Crippen LogP contribution in [-0.2, 0) is 16.8 Å². The lowest BCUT2D eigenvalue weighted by Gasteiger charge is -2.41. The zero-order valence-corrected chi connectivity index (χ0v) is 12.6. The largest absolute Gasteiger partial charge is 0.497 e. The lowest BCUT2D eigenvalue weighted by atomic mass is 9.78. The number of aliphatic hydroxyl groups excluding tert-OH is 1. The standard InChI is InChI=1S/C16H25NO3/c1-11(18)12(2)20-16(10-17)8-4-5-13-9-14(19-3)6-7-15(13)16/h6-7,9,11-12,18H,4-5,8,10,17H2,1-3H3. The maximum absolute atomic E-state index is 9.71. The minimum atomic E-state index is -0.512. The molecule has 0 saturated heterocycles. The molecule has 3 atom stereocenters. The molecule has 112 valence electrons. The molecule has 4 heteroatoms. The van der Waals surface area contributed by atoms with E-state index >= 15 is 0 Å². The number of benzene rings is 1. The highest BCUT2D eigenvalue weighted by Gasteiger charge is 2.38. The van der Waals surface area contributed by atoms with Crippen LogP contribution in [0.1, 0.15) is 37.8 Å². The summed E-state index contributed by atoms with van der Waals surface area (Å²) in [6.45, 7) is 4.05. The fourth-order valence-electron chi connectivity index (χ4n) is 2.88. The Labute approximate surface area is 120 Å². The van der Waals surface area contributed by atoms with Crippen molar-refractivity contribution < 1.29 is 14.6 Å². The van der Waals surface area contributed by atoms with E-state index in [2.05, 4.69) is 12.1 Å². The van der Waals surface area contributed by atoms with E-state index in [1.807, 2.05) is 13.0 Å². The van der Waals surface area contributed by atoms with Crippen molar-refractivity contribution >= 4 is 0 Å². The monoisotopic (exact) mass is 279 g/mol. The minimum Gasteiger partial charge on any atom is -0.497 e. The summed E-state index contributed by atoms with van der Waals surface area (Å²) < 4.78 is 11.5. The highest BCUT2D eigenvalue weighted by molar-refractivity contribution is 5.41. The molecule has 1 aromatic rings. The molecule has 1 aliphatic carbocycles. The molecule has 20 heavy (non-hydrogen) atoms. The Bertz CT molecular complexity index is 461. The molecule has 0 amide bonds. The summed E-state index contributed by atoms with van der Waals surface area (Å²) in [5.41, 5.74) is 7.92. The molecule has 0 bridgehead atoms. The fourth-order valence-corrected chi connectivity index (χ4v) is 2.88. The van der Waals surface area contributed by atoms with Gasteiger partial charge in [-0.3, -0.25) is 0 Å². The molecular weight excluding hydrogens is 254 g/mol. The van der Waals surface area contributed by atoms with Crippen LogP contribution in [0.25, 0.3) is 0 Å². The van der Waals surface area contributed by atoms with Crippen LogP contribution in [0.2, 0.25) is 0 Å². The van der Waals surface area contributed by atoms with E-state index in [9.17, 15) is 5.11 Å². The Morgan fingerprint density at radius 2 is 2.15 bits per heavy atom. The van der Waals surface area contributed by atoms with Gasteiger partial charge in [0.2, 0.25) is 0 Å². The number of fused-ring (bicyclic) bond motifs is 1. The van der Waals surface area contributed by atoms with Crippen molar-refractivity contribution in [3.63, 3.8) is 0 Å². The Balaban J connectivity index is 2.37. The van der Waals surface area contributed by atoms with Crippen molar-refractivity contribution in [3.8, 4) is 5.75 Å². The van der Waals surface area contributed by atoms with Crippen molar-refractivity contribution in [2.24, 2.45) is 5.73 Å². The molecule has 0 heterocycles. The molecule has 3 N–H and O–H groups in total. The Hall–Kier alpha value is -1.10. The highest BCUT2D eigenvalue weighted by Crippen LogP contribution is 2.40. The SMILES string of the molecule is COc1ccc2c(c1)CCCC2(CN)OC(C)C(C)O. The van der Waals surface area contributed by atoms with Gasteiger partial charge < -0.3 is 20.3 Å². The third kappa shape index (κ3) is 2.82. The third-order valence-corrected chi connectivity index (χ3v) is 4.25. The molecule has 3 unspecified atom stereocenters. The predicted octanol–water partition coefficient (Wildman–Crippen LogP) is 1.97. The molecule has 0 fully saturated rings. The van der Waals surface area contributed by atoms with Crippen LogP contribution in [0, 0.1) is 0 Å². The average molecular weight is 279 g/mol. The van der Waals surface area contributed by atoms with Gasteiger partial charge in [-0.2, -0.15) is 0 Å². The number of hydrogen-bond donors (Lipinski definition) is 2. The van der Waals surface area contributed by atoms with Gasteiger partial charge in [0.1, 0.15) is 11.4 Å². The van der Waals surface area contributed by atoms with Crippen LogP contribution in [-0.4, -0.2) is 31.0 Å². The molecule has 4 nitrogen and oxygen atoms in total. The van der Waals surface area contributed by atoms with Crippen molar-refractivity contribution in [1.29, 1.82) is 0 Å². The molecule has 0 aliphatic heterocycles. The smallest absolute Gasteiger partial charge is 0.119 e. The first-order chi connectivity index (χ1) is 9.52. The van der Waals surface area contributed by atoms with E-state index in [1.165, 1.54) is 5.56 Å². The Kier molecular flexibility index (Phi) is 4.68. The van der Waals surface area contributed by atoms with Crippen LogP contribution >= 0.6 is 0 Å². The number of hydrogen-bond acceptors (Lipinski definition) is 4. The third-order valence-electron chi connectivity index (χ3n) is 4.25. The summed E-state index contributed by atoms with van der Waals surface area (Å²) in [4.78, 5) is 0. The summed E-state index contributed by atoms with van der Waals surface area (Å²) in [5, 5.41) is 9.71.